The van der Waals surface area contributed by atoms with Gasteiger partial charge < -0.3 is 25.9 Å². The lowest BCUT2D eigenvalue weighted by atomic mass is 10.2. The van der Waals surface area contributed by atoms with Crippen molar-refractivity contribution < 1.29 is 18.7 Å². The smallest absolute Gasteiger partial charge is 0.411 e. The number of nitrogen functional groups attached to an aromatic ring is 1. The molecule has 0 aliphatic heterocycles. The van der Waals surface area contributed by atoms with Crippen LogP contribution in [0.15, 0.2) is 83.7 Å². The number of ether oxygens (including phenoxy) is 1. The van der Waals surface area contributed by atoms with Gasteiger partial charge in [0.05, 0.1) is 12.0 Å². The van der Waals surface area contributed by atoms with Crippen molar-refractivity contribution >= 4 is 29.4 Å². The number of nitrogens with zero attached hydrogens (tertiary/aromatic N) is 4. The molecule has 12 heteroatoms. The SMILES string of the molecule is Cc1cccc(-n2nc(-c3ccco3)cc2NC(=O)Nc2ccc(-n3cnc(OC(N)=O)c3N)cc2)c1. The molecule has 0 fully saturated rings. The van der Waals surface area contributed by atoms with Crippen molar-refractivity contribution in [2.75, 3.05) is 16.4 Å². The molecule has 37 heavy (non-hydrogen) atoms. The molecule has 3 heterocycles. The Morgan fingerprint density at radius 2 is 1.81 bits per heavy atom. The first-order chi connectivity index (χ1) is 17.9. The van der Waals surface area contributed by atoms with Crippen LogP contribution in [0.1, 0.15) is 5.56 Å². The minimum absolute atomic E-state index is 0.0896. The number of benzene rings is 2. The number of imidazole rings is 1. The predicted octanol–water partition coefficient (Wildman–Crippen LogP) is 4.31. The Kier molecular flexibility index (Phi) is 6.04. The molecule has 0 radical (unpaired) electrons. The average Bonchev–Trinajstić information content (AvgIpc) is 3.61. The van der Waals surface area contributed by atoms with E-state index in [1.165, 1.54) is 10.9 Å². The number of nitrogens with one attached hydrogen (secondary N) is 2. The number of aromatic nitrogens is 4. The van der Waals surface area contributed by atoms with Crippen LogP contribution < -0.4 is 26.8 Å². The van der Waals surface area contributed by atoms with E-state index in [-0.39, 0.29) is 11.7 Å². The summed E-state index contributed by atoms with van der Waals surface area (Å²) in [5, 5.41) is 10.3. The van der Waals surface area contributed by atoms with Gasteiger partial charge in [-0.05, 0) is 61.0 Å². The minimum atomic E-state index is -1.01. The van der Waals surface area contributed by atoms with Crippen molar-refractivity contribution in [2.24, 2.45) is 5.73 Å². The Bertz CT molecular complexity index is 1570. The van der Waals surface area contributed by atoms with Crippen LogP contribution in [-0.2, 0) is 0 Å². The summed E-state index contributed by atoms with van der Waals surface area (Å²) >= 11 is 0. The second kappa shape index (κ2) is 9.62. The molecule has 0 aliphatic rings. The number of furan rings is 1. The molecule has 0 unspecified atom stereocenters. The third kappa shape index (κ3) is 4.98. The molecule has 186 valence electrons. The lowest BCUT2D eigenvalue weighted by Crippen LogP contribution is -2.21. The van der Waals surface area contributed by atoms with E-state index >= 15 is 0 Å². The fraction of sp³-hybridized carbons (Fsp3) is 0.0400. The second-order valence-corrected chi connectivity index (χ2v) is 7.99. The maximum absolute atomic E-state index is 12.9. The van der Waals surface area contributed by atoms with Crippen LogP contribution in [-0.4, -0.2) is 31.5 Å². The van der Waals surface area contributed by atoms with Crippen molar-refractivity contribution in [1.29, 1.82) is 0 Å². The molecule has 5 aromatic rings. The van der Waals surface area contributed by atoms with E-state index in [4.69, 9.17) is 20.6 Å². The van der Waals surface area contributed by atoms with Gasteiger partial charge in [0, 0.05) is 17.4 Å². The van der Waals surface area contributed by atoms with Crippen LogP contribution in [0.2, 0.25) is 0 Å². The number of nitrogens with two attached hydrogens (primary N) is 2. The van der Waals surface area contributed by atoms with Gasteiger partial charge in [-0.1, -0.05) is 12.1 Å². The monoisotopic (exact) mass is 498 g/mol. The maximum atomic E-state index is 12.9. The molecule has 0 bridgehead atoms. The van der Waals surface area contributed by atoms with Crippen molar-refractivity contribution in [3.8, 4) is 28.7 Å². The van der Waals surface area contributed by atoms with Crippen molar-refractivity contribution in [1.82, 2.24) is 19.3 Å². The summed E-state index contributed by atoms with van der Waals surface area (Å²) in [6.07, 6.45) is 1.95. The van der Waals surface area contributed by atoms with Gasteiger partial charge in [-0.3, -0.25) is 9.88 Å². The molecule has 6 N–H and O–H groups in total. The highest BCUT2D eigenvalue weighted by Crippen LogP contribution is 2.27. The first-order valence-corrected chi connectivity index (χ1v) is 11.1. The van der Waals surface area contributed by atoms with Crippen LogP contribution in [0.5, 0.6) is 5.88 Å². The first-order valence-electron chi connectivity index (χ1n) is 11.1. The number of carbonyl (C=O) groups is 2. The number of aryl methyl sites for hydroxylation is 1. The van der Waals surface area contributed by atoms with E-state index in [0.29, 0.717) is 28.6 Å². The zero-order valence-corrected chi connectivity index (χ0v) is 19.6. The largest absolute Gasteiger partial charge is 0.463 e. The lowest BCUT2D eigenvalue weighted by Gasteiger charge is -2.11. The molecule has 2 aromatic carbocycles. The summed E-state index contributed by atoms with van der Waals surface area (Å²) < 4.78 is 13.4. The number of amides is 3. The predicted molar refractivity (Wildman–Crippen MR) is 137 cm³/mol. The van der Waals surface area contributed by atoms with Crippen LogP contribution in [0.4, 0.5) is 26.9 Å². The number of anilines is 3. The molecule has 0 saturated carbocycles. The summed E-state index contributed by atoms with van der Waals surface area (Å²) in [6.45, 7) is 1.98. The van der Waals surface area contributed by atoms with Gasteiger partial charge >= 0.3 is 12.1 Å². The van der Waals surface area contributed by atoms with E-state index < -0.39 is 12.1 Å². The zero-order chi connectivity index (χ0) is 25.9. The number of hydrogen-bond donors (Lipinski definition) is 4. The second-order valence-electron chi connectivity index (χ2n) is 7.99. The molecule has 3 aromatic heterocycles. The van der Waals surface area contributed by atoms with E-state index in [0.717, 1.165) is 11.3 Å². The fourth-order valence-corrected chi connectivity index (χ4v) is 3.68. The Balaban J connectivity index is 1.34. The summed E-state index contributed by atoms with van der Waals surface area (Å²) in [6, 6.07) is 19.4. The van der Waals surface area contributed by atoms with Gasteiger partial charge in [-0.15, -0.1) is 0 Å². The highest BCUT2D eigenvalue weighted by molar-refractivity contribution is 5.99. The van der Waals surface area contributed by atoms with Crippen molar-refractivity contribution in [3.63, 3.8) is 0 Å². The molecule has 0 spiro atoms. The minimum Gasteiger partial charge on any atom is -0.463 e. The van der Waals surface area contributed by atoms with Gasteiger partial charge in [0.2, 0.25) is 0 Å². The molecule has 5 rings (SSSR count). The number of primary amides is 1. The number of urea groups is 1. The van der Waals surface area contributed by atoms with Crippen LogP contribution >= 0.6 is 0 Å². The normalized spacial score (nSPS) is 10.7. The summed E-state index contributed by atoms with van der Waals surface area (Å²) in [5.74, 6) is 1.05. The van der Waals surface area contributed by atoms with E-state index in [1.54, 1.807) is 53.4 Å². The van der Waals surface area contributed by atoms with Crippen LogP contribution in [0.3, 0.4) is 0 Å². The molecule has 0 atom stereocenters. The van der Waals surface area contributed by atoms with Gasteiger partial charge in [0.25, 0.3) is 5.88 Å². The average molecular weight is 499 g/mol. The topological polar surface area (TPSA) is 168 Å². The molecule has 0 saturated heterocycles. The van der Waals surface area contributed by atoms with E-state index in [2.05, 4.69) is 20.7 Å². The molecule has 0 aliphatic carbocycles. The standard InChI is InChI=1S/C25H22N8O4/c1-15-4-2-5-18(12-15)33-21(13-19(31-33)20-6-3-11-36-20)30-25(35)29-16-7-9-17(10-8-16)32-14-28-23(22(32)26)37-24(27)34/h2-14H,26H2,1H3,(H2,27,34)(H2,29,30,35). The van der Waals surface area contributed by atoms with E-state index in [9.17, 15) is 9.59 Å². The van der Waals surface area contributed by atoms with Gasteiger partial charge in [0.1, 0.15) is 17.8 Å². The zero-order valence-electron chi connectivity index (χ0n) is 19.6. The number of rotatable bonds is 6. The Labute approximate surface area is 210 Å². The summed E-state index contributed by atoms with van der Waals surface area (Å²) in [5.41, 5.74) is 14.6. The van der Waals surface area contributed by atoms with Crippen molar-refractivity contribution in [3.05, 3.63) is 84.9 Å². The first kappa shape index (κ1) is 23.2. The highest BCUT2D eigenvalue weighted by Gasteiger charge is 2.16. The quantitative estimate of drug-likeness (QED) is 0.270. The van der Waals surface area contributed by atoms with Crippen LogP contribution in [0, 0.1) is 6.92 Å². The van der Waals surface area contributed by atoms with Crippen LogP contribution in [0.25, 0.3) is 22.8 Å². The number of hydrogen-bond acceptors (Lipinski definition) is 7. The third-order valence-corrected chi connectivity index (χ3v) is 5.34. The van der Waals surface area contributed by atoms with Crippen molar-refractivity contribution in [2.45, 2.75) is 6.92 Å². The maximum Gasteiger partial charge on any atom is 0.411 e. The summed E-state index contributed by atoms with van der Waals surface area (Å²) in [4.78, 5) is 27.8. The summed E-state index contributed by atoms with van der Waals surface area (Å²) in [7, 11) is 0. The third-order valence-electron chi connectivity index (χ3n) is 5.34. The Hall–Kier alpha value is -5.52. The highest BCUT2D eigenvalue weighted by atomic mass is 16.6. The molecule has 12 nitrogen and oxygen atoms in total. The fourth-order valence-electron chi connectivity index (χ4n) is 3.68. The lowest BCUT2D eigenvalue weighted by molar-refractivity contribution is 0.209. The van der Waals surface area contributed by atoms with E-state index in [1.807, 2.05) is 31.2 Å². The van der Waals surface area contributed by atoms with Gasteiger partial charge in [-0.25, -0.2) is 14.3 Å². The Morgan fingerprint density at radius 1 is 1.00 bits per heavy atom. The molecule has 3 amide bonds. The Morgan fingerprint density at radius 3 is 2.51 bits per heavy atom. The van der Waals surface area contributed by atoms with Gasteiger partial charge in [-0.2, -0.15) is 10.1 Å². The molecular weight excluding hydrogens is 476 g/mol. The molecular formula is C25H22N8O4. The van der Waals surface area contributed by atoms with Gasteiger partial charge in [0.15, 0.2) is 11.6 Å². The number of carbonyl (C=O) groups excluding carboxylic acids is 2.